The Morgan fingerprint density at radius 3 is 2.64 bits per heavy atom. The predicted molar refractivity (Wildman–Crippen MR) is 45.7 cm³/mol. The highest BCUT2D eigenvalue weighted by Gasteiger charge is 2.16. The van der Waals surface area contributed by atoms with E-state index in [0.29, 0.717) is 6.54 Å². The number of nitrogens with zero attached hydrogens (tertiary/aromatic N) is 2. The molecule has 0 aliphatic carbocycles. The molecule has 1 aromatic heterocycles. The van der Waals surface area contributed by atoms with Crippen LogP contribution in [0.2, 0.25) is 0 Å². The monoisotopic (exact) mass is 212 g/mol. The second kappa shape index (κ2) is 4.69. The largest absolute Gasteiger partial charge is 1.00 e. The molecule has 0 saturated carbocycles. The summed E-state index contributed by atoms with van der Waals surface area (Å²) in [6, 6.07) is 3.71. The third-order valence-electron chi connectivity index (χ3n) is 1.76. The summed E-state index contributed by atoms with van der Waals surface area (Å²) >= 11 is 0. The van der Waals surface area contributed by atoms with Crippen LogP contribution in [0.1, 0.15) is 5.56 Å². The molecule has 2 rings (SSSR count). The number of pyridine rings is 1. The van der Waals surface area contributed by atoms with Crippen LogP contribution in [0.4, 0.5) is 0 Å². The van der Waals surface area contributed by atoms with E-state index in [9.17, 15) is 4.79 Å². The van der Waals surface area contributed by atoms with Crippen LogP contribution < -0.4 is 23.1 Å². The van der Waals surface area contributed by atoms with Gasteiger partial charge in [-0.2, -0.15) is 0 Å². The Hall–Kier alpha value is -1.46. The first kappa shape index (κ1) is 10.6. The number of quaternary nitrogens is 1. The average molecular weight is 213 g/mol. The molecule has 1 aromatic rings. The van der Waals surface area contributed by atoms with Gasteiger partial charge in [-0.3, -0.25) is 15.1 Å². The number of nitrogens with two attached hydrogens (primary N) is 1. The molecule has 5 nitrogen and oxygen atoms in total. The number of amidine groups is 1. The van der Waals surface area contributed by atoms with Gasteiger partial charge < -0.3 is 12.4 Å². The Labute approximate surface area is 87.0 Å². The Balaban J connectivity index is 0.000000980. The van der Waals surface area contributed by atoms with E-state index in [4.69, 9.17) is 0 Å². The van der Waals surface area contributed by atoms with Crippen LogP contribution in [0, 0.1) is 0 Å². The molecule has 14 heavy (non-hydrogen) atoms. The minimum Gasteiger partial charge on any atom is -1.00 e. The maximum atomic E-state index is 10.8. The number of carbonyl (C=O) groups excluding carboxylic acids is 1. The second-order valence-corrected chi connectivity index (χ2v) is 2.68. The second-order valence-electron chi connectivity index (χ2n) is 2.68. The van der Waals surface area contributed by atoms with Gasteiger partial charge in [-0.25, -0.2) is 5.43 Å². The van der Waals surface area contributed by atoms with Gasteiger partial charge in [0.1, 0.15) is 0 Å². The van der Waals surface area contributed by atoms with Crippen LogP contribution in [0.25, 0.3) is 0 Å². The Morgan fingerprint density at radius 1 is 1.36 bits per heavy atom. The fourth-order valence-corrected chi connectivity index (χ4v) is 1.11. The van der Waals surface area contributed by atoms with Crippen LogP contribution >= 0.6 is 0 Å². The molecule has 2 heterocycles. The fourth-order valence-electron chi connectivity index (χ4n) is 1.11. The maximum absolute atomic E-state index is 10.8. The summed E-state index contributed by atoms with van der Waals surface area (Å²) in [6.07, 6.45) is 3.39. The summed E-state index contributed by atoms with van der Waals surface area (Å²) in [6.45, 7) is 0.390. The fraction of sp³-hybridized carbons (Fsp3) is 0.125. The first-order valence-corrected chi connectivity index (χ1v) is 3.96. The number of carbonyl (C=O) groups is 1. The summed E-state index contributed by atoms with van der Waals surface area (Å²) in [5.74, 6) is 0.722. The summed E-state index contributed by atoms with van der Waals surface area (Å²) in [7, 11) is 0. The molecule has 0 unspecified atom stereocenters. The summed E-state index contributed by atoms with van der Waals surface area (Å²) < 4.78 is 0. The Bertz CT molecular complexity index is 352. The molecule has 1 amide bonds. The normalized spacial score (nSPS) is 15.1. The van der Waals surface area contributed by atoms with Gasteiger partial charge in [0.2, 0.25) is 5.84 Å². The molecular formula is C8H9ClN4O. The molecule has 1 aliphatic rings. The van der Waals surface area contributed by atoms with Crippen molar-refractivity contribution in [1.82, 2.24) is 10.4 Å². The third kappa shape index (κ3) is 2.27. The molecule has 0 spiro atoms. The van der Waals surface area contributed by atoms with Crippen LogP contribution in [0.5, 0.6) is 0 Å². The minimum absolute atomic E-state index is 0. The topological polar surface area (TPSA) is 71.0 Å². The Morgan fingerprint density at radius 2 is 2.07 bits per heavy atom. The van der Waals surface area contributed by atoms with Crippen molar-refractivity contribution in [3.63, 3.8) is 0 Å². The molecule has 0 bridgehead atoms. The molecule has 6 heteroatoms. The van der Waals surface area contributed by atoms with Gasteiger partial charge in [-0.15, -0.1) is 5.10 Å². The molecule has 1 aliphatic heterocycles. The highest BCUT2D eigenvalue weighted by molar-refractivity contribution is 5.94. The lowest BCUT2D eigenvalue weighted by atomic mass is 10.2. The maximum Gasteiger partial charge on any atom is 0.295 e. The molecule has 0 aromatic carbocycles. The zero-order chi connectivity index (χ0) is 9.10. The molecule has 0 radical (unpaired) electrons. The van der Waals surface area contributed by atoms with Crippen LogP contribution in [-0.4, -0.2) is 23.3 Å². The number of hydrazone groups is 1. The Kier molecular flexibility index (Phi) is 3.55. The van der Waals surface area contributed by atoms with E-state index < -0.39 is 0 Å². The lowest BCUT2D eigenvalue weighted by molar-refractivity contribution is -0.529. The van der Waals surface area contributed by atoms with E-state index in [-0.39, 0.29) is 18.3 Å². The van der Waals surface area contributed by atoms with Crippen molar-refractivity contribution in [1.29, 1.82) is 0 Å². The van der Waals surface area contributed by atoms with Crippen LogP contribution in [0.3, 0.4) is 0 Å². The highest BCUT2D eigenvalue weighted by atomic mass is 35.5. The van der Waals surface area contributed by atoms with Gasteiger partial charge in [0.05, 0.1) is 5.56 Å². The first-order valence-electron chi connectivity index (χ1n) is 3.96. The van der Waals surface area contributed by atoms with Crippen molar-refractivity contribution in [2.24, 2.45) is 5.10 Å². The van der Waals surface area contributed by atoms with E-state index in [1.165, 1.54) is 0 Å². The van der Waals surface area contributed by atoms with E-state index in [1.54, 1.807) is 17.7 Å². The first-order chi connectivity index (χ1) is 6.36. The van der Waals surface area contributed by atoms with E-state index in [1.807, 2.05) is 12.1 Å². The number of halogens is 1. The standard InChI is InChI=1S/C8H8N4O.ClH/c13-7-5-10-8(12-11-7)6-1-3-9-4-2-6;/h1-4H,5H2,(H,10,12)(H,11,13);1H. The van der Waals surface area contributed by atoms with Gasteiger partial charge in [0, 0.05) is 12.4 Å². The van der Waals surface area contributed by atoms with Gasteiger partial charge >= 0.3 is 0 Å². The van der Waals surface area contributed by atoms with Crippen molar-refractivity contribution in [3.8, 4) is 0 Å². The van der Waals surface area contributed by atoms with Crippen molar-refractivity contribution in [2.75, 3.05) is 6.54 Å². The number of aromatic nitrogens is 1. The summed E-state index contributed by atoms with van der Waals surface area (Å²) in [4.78, 5) is 14.7. The number of hydrogen-bond donors (Lipinski definition) is 2. The lowest BCUT2D eigenvalue weighted by Crippen LogP contribution is -3.00. The summed E-state index contributed by atoms with van der Waals surface area (Å²) in [5, 5.41) is 5.71. The average Bonchev–Trinajstić information content (AvgIpc) is 2.20. The zero-order valence-electron chi connectivity index (χ0n) is 7.27. The minimum atomic E-state index is -0.0715. The van der Waals surface area contributed by atoms with Crippen LogP contribution in [-0.2, 0) is 4.79 Å². The summed E-state index contributed by atoms with van der Waals surface area (Å²) in [5.41, 5.74) is 3.40. The molecular weight excluding hydrogens is 204 g/mol. The van der Waals surface area contributed by atoms with Gasteiger partial charge in [0.15, 0.2) is 6.54 Å². The van der Waals surface area contributed by atoms with Gasteiger partial charge in [-0.05, 0) is 12.1 Å². The molecule has 0 saturated heterocycles. The quantitative estimate of drug-likeness (QED) is 0.492. The lowest BCUT2D eigenvalue weighted by Gasteiger charge is -2.08. The smallest absolute Gasteiger partial charge is 0.295 e. The van der Waals surface area contributed by atoms with Crippen molar-refractivity contribution < 1.29 is 22.5 Å². The van der Waals surface area contributed by atoms with Gasteiger partial charge in [-0.1, -0.05) is 0 Å². The van der Waals surface area contributed by atoms with Gasteiger partial charge in [0.25, 0.3) is 5.91 Å². The third-order valence-corrected chi connectivity index (χ3v) is 1.76. The molecule has 3 N–H and O–H groups in total. The van der Waals surface area contributed by atoms with E-state index in [0.717, 1.165) is 11.4 Å². The number of nitrogens with one attached hydrogen (secondary N) is 1. The zero-order valence-corrected chi connectivity index (χ0v) is 8.03. The number of hydrogen-bond acceptors (Lipinski definition) is 3. The number of rotatable bonds is 1. The predicted octanol–water partition coefficient (Wildman–Crippen LogP) is -4.56. The molecule has 74 valence electrons. The number of amides is 1. The highest BCUT2D eigenvalue weighted by Crippen LogP contribution is 1.94. The van der Waals surface area contributed by atoms with E-state index >= 15 is 0 Å². The van der Waals surface area contributed by atoms with Crippen molar-refractivity contribution in [2.45, 2.75) is 0 Å². The molecule has 0 atom stereocenters. The van der Waals surface area contributed by atoms with Crippen LogP contribution in [0.15, 0.2) is 29.6 Å². The van der Waals surface area contributed by atoms with Crippen molar-refractivity contribution >= 4 is 11.7 Å². The SMILES string of the molecule is O=C1C[NH2+]C(c2ccncc2)=NN1.[Cl-]. The van der Waals surface area contributed by atoms with E-state index in [2.05, 4.69) is 15.5 Å². The van der Waals surface area contributed by atoms with Crippen molar-refractivity contribution in [3.05, 3.63) is 30.1 Å². The molecule has 0 fully saturated rings.